The summed E-state index contributed by atoms with van der Waals surface area (Å²) in [6.45, 7) is 4.75. The molecule has 1 aliphatic carbocycles. The van der Waals surface area contributed by atoms with Gasteiger partial charge in [-0.1, -0.05) is 31.0 Å². The van der Waals surface area contributed by atoms with Crippen LogP contribution in [0.4, 0.5) is 0 Å². The first-order valence-corrected chi connectivity index (χ1v) is 19.8. The second kappa shape index (κ2) is 19.0. The average molecular weight is 775 g/mol. The van der Waals surface area contributed by atoms with Crippen LogP contribution in [-0.4, -0.2) is 114 Å². The second-order valence-corrected chi connectivity index (χ2v) is 15.0. The Labute approximate surface area is 330 Å². The highest BCUT2D eigenvalue weighted by Crippen LogP contribution is 2.49. The summed E-state index contributed by atoms with van der Waals surface area (Å²) >= 11 is 0. The van der Waals surface area contributed by atoms with Gasteiger partial charge in [0, 0.05) is 32.1 Å². The standard InChI is InChI=1S/C44H58N2O10/c1-50-37-16-14-31(26-38(37)51-2)13-15-36(32-9-8-10-34(27-32)56-24-21-45-19-22-55-23-20-45)44(43(48)49)17-6-7-18-46(44)42(47)35(25-30-11-12-30)33-28-39(52-3)41(54-5)40(29-33)53-4/h8-10,14,16,26-30,35-36H,6-7,11-13,15,17-25H2,1-5H3,(H,48,49)/t35-,36+,44-/m0/s1. The minimum atomic E-state index is -1.53. The number of carboxylic acid groups (broad SMARTS) is 1. The number of amides is 1. The molecule has 0 bridgehead atoms. The van der Waals surface area contributed by atoms with Gasteiger partial charge in [0.2, 0.25) is 11.7 Å². The van der Waals surface area contributed by atoms with Crippen LogP contribution < -0.4 is 28.4 Å². The monoisotopic (exact) mass is 774 g/mol. The number of carbonyl (C=O) groups excluding carboxylic acids is 1. The molecule has 3 aromatic rings. The highest BCUT2D eigenvalue weighted by Gasteiger charge is 2.55. The molecule has 12 heteroatoms. The number of morpholine rings is 1. The first-order chi connectivity index (χ1) is 27.3. The van der Waals surface area contributed by atoms with Crippen LogP contribution in [0.1, 0.15) is 73.5 Å². The van der Waals surface area contributed by atoms with Gasteiger partial charge in [0.1, 0.15) is 17.9 Å². The molecular weight excluding hydrogens is 716 g/mol. The van der Waals surface area contributed by atoms with Crippen molar-refractivity contribution in [3.63, 3.8) is 0 Å². The van der Waals surface area contributed by atoms with E-state index in [4.69, 9.17) is 33.2 Å². The van der Waals surface area contributed by atoms with Crippen molar-refractivity contribution in [2.45, 2.75) is 68.7 Å². The smallest absolute Gasteiger partial charge is 0.330 e. The molecule has 3 fully saturated rings. The van der Waals surface area contributed by atoms with Gasteiger partial charge in [-0.3, -0.25) is 9.69 Å². The molecule has 3 aliphatic rings. The van der Waals surface area contributed by atoms with Crippen molar-refractivity contribution in [2.75, 3.05) is 81.5 Å². The van der Waals surface area contributed by atoms with Gasteiger partial charge in [-0.25, -0.2) is 4.79 Å². The summed E-state index contributed by atoms with van der Waals surface area (Å²) in [6, 6.07) is 17.3. The van der Waals surface area contributed by atoms with Crippen molar-refractivity contribution in [2.24, 2.45) is 5.92 Å². The normalized spacial score (nSPS) is 19.8. The number of hydrogen-bond donors (Lipinski definition) is 1. The van der Waals surface area contributed by atoms with Gasteiger partial charge in [0.05, 0.1) is 54.7 Å². The zero-order chi connectivity index (χ0) is 39.7. The molecule has 56 heavy (non-hydrogen) atoms. The van der Waals surface area contributed by atoms with Crippen molar-refractivity contribution >= 4 is 11.9 Å². The van der Waals surface area contributed by atoms with E-state index >= 15 is 4.79 Å². The minimum absolute atomic E-state index is 0.192. The number of aryl methyl sites for hydroxylation is 1. The van der Waals surface area contributed by atoms with E-state index in [2.05, 4.69) is 4.90 Å². The van der Waals surface area contributed by atoms with Gasteiger partial charge < -0.3 is 43.2 Å². The molecule has 6 rings (SSSR count). The lowest BCUT2D eigenvalue weighted by atomic mass is 9.69. The van der Waals surface area contributed by atoms with E-state index in [0.29, 0.717) is 105 Å². The van der Waals surface area contributed by atoms with Gasteiger partial charge >= 0.3 is 5.97 Å². The molecule has 0 aromatic heterocycles. The number of carbonyl (C=O) groups is 2. The Morgan fingerprint density at radius 2 is 1.54 bits per heavy atom. The summed E-state index contributed by atoms with van der Waals surface area (Å²) in [7, 11) is 7.87. The molecule has 3 aromatic carbocycles. The third kappa shape index (κ3) is 9.13. The fraction of sp³-hybridized carbons (Fsp3) is 0.545. The zero-order valence-electron chi connectivity index (χ0n) is 33.6. The summed E-state index contributed by atoms with van der Waals surface area (Å²) in [5.41, 5.74) is 0.992. The molecular formula is C44H58N2O10. The Balaban J connectivity index is 1.40. The maximum Gasteiger partial charge on any atom is 0.330 e. The van der Waals surface area contributed by atoms with E-state index in [0.717, 1.165) is 49.2 Å². The highest BCUT2D eigenvalue weighted by atomic mass is 16.5. The maximum absolute atomic E-state index is 15.3. The van der Waals surface area contributed by atoms with Crippen LogP contribution in [0.5, 0.6) is 34.5 Å². The van der Waals surface area contributed by atoms with E-state index in [1.165, 1.54) is 0 Å². The van der Waals surface area contributed by atoms with E-state index in [-0.39, 0.29) is 5.91 Å². The van der Waals surface area contributed by atoms with Gasteiger partial charge in [0.15, 0.2) is 23.0 Å². The van der Waals surface area contributed by atoms with Crippen molar-refractivity contribution in [1.82, 2.24) is 9.80 Å². The summed E-state index contributed by atoms with van der Waals surface area (Å²) in [4.78, 5) is 33.5. The number of ether oxygens (including phenoxy) is 7. The number of hydrogen-bond acceptors (Lipinski definition) is 10. The van der Waals surface area contributed by atoms with Crippen LogP contribution in [-0.2, 0) is 20.7 Å². The van der Waals surface area contributed by atoms with E-state index in [1.807, 2.05) is 54.6 Å². The topological polar surface area (TPSA) is 125 Å². The molecule has 304 valence electrons. The SMILES string of the molecule is COc1ccc(CC[C@H](c2cccc(OCCN3CCOCC3)c2)[C@]2(C(=O)O)CCCCN2C(=O)[C@@H](CC2CC2)c2cc(OC)c(OC)c(OC)c2)cc1OC. The molecule has 1 amide bonds. The fourth-order valence-electron chi connectivity index (χ4n) is 8.56. The lowest BCUT2D eigenvalue weighted by Gasteiger charge is -2.50. The van der Waals surface area contributed by atoms with E-state index in [9.17, 15) is 9.90 Å². The number of methoxy groups -OCH3 is 5. The number of aliphatic carboxylic acids is 1. The van der Waals surface area contributed by atoms with Crippen LogP contribution in [0, 0.1) is 5.92 Å². The van der Waals surface area contributed by atoms with E-state index < -0.39 is 23.3 Å². The molecule has 0 unspecified atom stereocenters. The number of likely N-dealkylation sites (tertiary alicyclic amines) is 1. The molecule has 0 spiro atoms. The molecule has 2 saturated heterocycles. The molecule has 2 aliphatic heterocycles. The molecule has 12 nitrogen and oxygen atoms in total. The number of nitrogens with zero attached hydrogens (tertiary/aromatic N) is 2. The van der Waals surface area contributed by atoms with Crippen LogP contribution in [0.15, 0.2) is 54.6 Å². The van der Waals surface area contributed by atoms with Gasteiger partial charge in [-0.15, -0.1) is 0 Å². The lowest BCUT2D eigenvalue weighted by Crippen LogP contribution is -2.63. The molecule has 1 N–H and O–H groups in total. The number of rotatable bonds is 19. The minimum Gasteiger partial charge on any atom is -0.493 e. The van der Waals surface area contributed by atoms with Crippen molar-refractivity contribution in [1.29, 1.82) is 0 Å². The summed E-state index contributed by atoms with van der Waals surface area (Å²) in [5, 5.41) is 11.6. The number of piperidine rings is 1. The lowest BCUT2D eigenvalue weighted by molar-refractivity contribution is -0.166. The summed E-state index contributed by atoms with van der Waals surface area (Å²) in [6.07, 6.45) is 5.37. The Kier molecular flexibility index (Phi) is 13.9. The molecule has 3 atom stereocenters. The Morgan fingerprint density at radius 3 is 2.18 bits per heavy atom. The van der Waals surface area contributed by atoms with Gasteiger partial charge in [-0.2, -0.15) is 0 Å². The van der Waals surface area contributed by atoms with Crippen molar-refractivity contribution in [3.8, 4) is 34.5 Å². The third-order valence-corrected chi connectivity index (χ3v) is 11.7. The maximum atomic E-state index is 15.3. The highest BCUT2D eigenvalue weighted by molar-refractivity contribution is 5.92. The first-order valence-electron chi connectivity index (χ1n) is 19.8. The van der Waals surface area contributed by atoms with Crippen LogP contribution in [0.2, 0.25) is 0 Å². The summed E-state index contributed by atoms with van der Waals surface area (Å²) < 4.78 is 39.9. The van der Waals surface area contributed by atoms with Gasteiger partial charge in [-0.05, 0) is 97.5 Å². The van der Waals surface area contributed by atoms with E-state index in [1.54, 1.807) is 40.4 Å². The van der Waals surface area contributed by atoms with Crippen molar-refractivity contribution in [3.05, 3.63) is 71.3 Å². The molecule has 0 radical (unpaired) electrons. The third-order valence-electron chi connectivity index (χ3n) is 11.7. The Bertz CT molecular complexity index is 1770. The first kappa shape index (κ1) is 41.0. The van der Waals surface area contributed by atoms with Crippen LogP contribution in [0.3, 0.4) is 0 Å². The van der Waals surface area contributed by atoms with Gasteiger partial charge in [0.25, 0.3) is 0 Å². The van der Waals surface area contributed by atoms with Crippen LogP contribution >= 0.6 is 0 Å². The fourth-order valence-corrected chi connectivity index (χ4v) is 8.56. The summed E-state index contributed by atoms with van der Waals surface area (Å²) in [5.74, 6) is 1.26. The predicted molar refractivity (Wildman–Crippen MR) is 212 cm³/mol. The second-order valence-electron chi connectivity index (χ2n) is 15.0. The molecule has 2 heterocycles. The predicted octanol–water partition coefficient (Wildman–Crippen LogP) is 6.58. The average Bonchev–Trinajstić information content (AvgIpc) is 4.07. The molecule has 1 saturated carbocycles. The number of benzene rings is 3. The Morgan fingerprint density at radius 1 is 0.821 bits per heavy atom. The van der Waals surface area contributed by atoms with Crippen molar-refractivity contribution < 1.29 is 47.9 Å². The zero-order valence-corrected chi connectivity index (χ0v) is 33.6. The Hall–Kier alpha value is -4.68. The largest absolute Gasteiger partial charge is 0.493 e. The quantitative estimate of drug-likeness (QED) is 0.142. The number of carboxylic acids is 1. The van der Waals surface area contributed by atoms with Crippen LogP contribution in [0.25, 0.3) is 0 Å².